The smallest absolute Gasteiger partial charge is 0.259 e. The number of hydrogen-bond acceptors (Lipinski definition) is 5. The van der Waals surface area contributed by atoms with Gasteiger partial charge in [-0.2, -0.15) is 4.98 Å². The molecule has 2 heterocycles. The van der Waals surface area contributed by atoms with Crippen LogP contribution in [0.3, 0.4) is 0 Å². The highest BCUT2D eigenvalue weighted by Gasteiger charge is 2.25. The predicted octanol–water partition coefficient (Wildman–Crippen LogP) is 3.40. The van der Waals surface area contributed by atoms with Gasteiger partial charge in [-0.15, -0.1) is 0 Å². The third-order valence-electron chi connectivity index (χ3n) is 4.24. The quantitative estimate of drug-likeness (QED) is 0.926. The van der Waals surface area contributed by atoms with Gasteiger partial charge < -0.3 is 10.3 Å². The standard InChI is InChI=1S/C15H20N4O/c1-2-10-3-5-11(6-4-10)14-18-15(20-19-14)12-7-13(16)9-17-8-12/h7-11H,2-6,16H2,1H3. The Morgan fingerprint density at radius 1 is 1.25 bits per heavy atom. The topological polar surface area (TPSA) is 77.8 Å². The molecule has 2 N–H and O–H groups in total. The lowest BCUT2D eigenvalue weighted by atomic mass is 9.80. The Kier molecular flexibility index (Phi) is 3.67. The van der Waals surface area contributed by atoms with Crippen LogP contribution in [0.15, 0.2) is 23.0 Å². The Hall–Kier alpha value is -1.91. The first-order chi connectivity index (χ1) is 9.76. The van der Waals surface area contributed by atoms with Crippen molar-refractivity contribution in [3.63, 3.8) is 0 Å². The summed E-state index contributed by atoms with van der Waals surface area (Å²) < 4.78 is 5.36. The molecule has 1 saturated carbocycles. The molecule has 2 aromatic rings. The molecular formula is C15H20N4O. The van der Waals surface area contributed by atoms with Gasteiger partial charge in [0, 0.05) is 18.3 Å². The first-order valence-corrected chi connectivity index (χ1v) is 7.30. The fraction of sp³-hybridized carbons (Fsp3) is 0.533. The third kappa shape index (κ3) is 2.66. The van der Waals surface area contributed by atoms with Crippen LogP contribution in [0.5, 0.6) is 0 Å². The van der Waals surface area contributed by atoms with E-state index in [0.29, 0.717) is 17.5 Å². The molecular weight excluding hydrogens is 252 g/mol. The van der Waals surface area contributed by atoms with Crippen LogP contribution in [0.25, 0.3) is 11.5 Å². The normalized spacial score (nSPS) is 22.9. The summed E-state index contributed by atoms with van der Waals surface area (Å²) in [6.45, 7) is 2.27. The van der Waals surface area contributed by atoms with Crippen LogP contribution in [0.4, 0.5) is 5.69 Å². The van der Waals surface area contributed by atoms with Crippen molar-refractivity contribution in [1.29, 1.82) is 0 Å². The van der Waals surface area contributed by atoms with Gasteiger partial charge in [0.15, 0.2) is 5.82 Å². The molecule has 1 aliphatic rings. The van der Waals surface area contributed by atoms with Crippen molar-refractivity contribution >= 4 is 5.69 Å². The maximum Gasteiger partial charge on any atom is 0.259 e. The SMILES string of the molecule is CCC1CCC(c2noc(-c3cncc(N)c3)n2)CC1. The van der Waals surface area contributed by atoms with Crippen molar-refractivity contribution in [2.75, 3.05) is 5.73 Å². The Labute approximate surface area is 118 Å². The monoisotopic (exact) mass is 272 g/mol. The highest BCUT2D eigenvalue weighted by atomic mass is 16.5. The Morgan fingerprint density at radius 3 is 2.75 bits per heavy atom. The first-order valence-electron chi connectivity index (χ1n) is 7.30. The number of aromatic nitrogens is 3. The summed E-state index contributed by atoms with van der Waals surface area (Å²) in [5.74, 6) is 2.65. The minimum absolute atomic E-state index is 0.435. The van der Waals surface area contributed by atoms with E-state index in [1.807, 2.05) is 0 Å². The summed E-state index contributed by atoms with van der Waals surface area (Å²) in [6.07, 6.45) is 9.43. The van der Waals surface area contributed by atoms with E-state index in [4.69, 9.17) is 10.3 Å². The second-order valence-electron chi connectivity index (χ2n) is 5.59. The summed E-state index contributed by atoms with van der Waals surface area (Å²) in [7, 11) is 0. The second kappa shape index (κ2) is 5.61. The molecule has 0 aliphatic heterocycles. The average molecular weight is 272 g/mol. The van der Waals surface area contributed by atoms with Crippen LogP contribution >= 0.6 is 0 Å². The fourth-order valence-corrected chi connectivity index (χ4v) is 2.92. The molecule has 1 aliphatic carbocycles. The third-order valence-corrected chi connectivity index (χ3v) is 4.24. The molecule has 3 rings (SSSR count). The van der Waals surface area contributed by atoms with Gasteiger partial charge in [-0.1, -0.05) is 18.5 Å². The molecule has 0 amide bonds. The van der Waals surface area contributed by atoms with E-state index >= 15 is 0 Å². The van der Waals surface area contributed by atoms with E-state index in [-0.39, 0.29) is 0 Å². The second-order valence-corrected chi connectivity index (χ2v) is 5.59. The summed E-state index contributed by atoms with van der Waals surface area (Å²) in [5.41, 5.74) is 7.11. The summed E-state index contributed by atoms with van der Waals surface area (Å²) in [4.78, 5) is 8.57. The number of nitrogens with two attached hydrogens (primary N) is 1. The Bertz CT molecular complexity index is 573. The molecule has 0 bridgehead atoms. The predicted molar refractivity (Wildman–Crippen MR) is 76.9 cm³/mol. The van der Waals surface area contributed by atoms with E-state index in [9.17, 15) is 0 Å². The van der Waals surface area contributed by atoms with Gasteiger partial charge in [0.2, 0.25) is 0 Å². The summed E-state index contributed by atoms with van der Waals surface area (Å²) in [5, 5.41) is 4.14. The number of hydrogen-bond donors (Lipinski definition) is 1. The van der Waals surface area contributed by atoms with Gasteiger partial charge in [-0.25, -0.2) is 0 Å². The van der Waals surface area contributed by atoms with E-state index in [0.717, 1.165) is 30.1 Å². The van der Waals surface area contributed by atoms with Crippen LogP contribution in [-0.2, 0) is 0 Å². The van der Waals surface area contributed by atoms with E-state index in [1.165, 1.54) is 19.3 Å². The van der Waals surface area contributed by atoms with Gasteiger partial charge in [0.25, 0.3) is 5.89 Å². The lowest BCUT2D eigenvalue weighted by molar-refractivity contribution is 0.305. The number of rotatable bonds is 3. The zero-order chi connectivity index (χ0) is 13.9. The summed E-state index contributed by atoms with van der Waals surface area (Å²) >= 11 is 0. The van der Waals surface area contributed by atoms with Gasteiger partial charge in [-0.3, -0.25) is 4.98 Å². The van der Waals surface area contributed by atoms with Crippen molar-refractivity contribution in [2.24, 2.45) is 5.92 Å². The van der Waals surface area contributed by atoms with Crippen molar-refractivity contribution in [3.05, 3.63) is 24.3 Å². The number of nitrogens with zero attached hydrogens (tertiary/aromatic N) is 3. The number of pyridine rings is 1. The van der Waals surface area contributed by atoms with Crippen molar-refractivity contribution < 1.29 is 4.52 Å². The van der Waals surface area contributed by atoms with Gasteiger partial charge in [0.1, 0.15) is 0 Å². The maximum atomic E-state index is 5.72. The molecule has 0 aromatic carbocycles. The van der Waals surface area contributed by atoms with E-state index in [2.05, 4.69) is 22.0 Å². The van der Waals surface area contributed by atoms with Gasteiger partial charge in [0.05, 0.1) is 11.3 Å². The highest BCUT2D eigenvalue weighted by Crippen LogP contribution is 2.36. The Balaban J connectivity index is 1.74. The molecule has 1 fully saturated rings. The zero-order valence-corrected chi connectivity index (χ0v) is 11.7. The van der Waals surface area contributed by atoms with Crippen LogP contribution < -0.4 is 5.73 Å². The van der Waals surface area contributed by atoms with Crippen LogP contribution in [0.2, 0.25) is 0 Å². The molecule has 0 saturated heterocycles. The largest absolute Gasteiger partial charge is 0.397 e. The molecule has 0 spiro atoms. The van der Waals surface area contributed by atoms with Gasteiger partial charge in [-0.05, 0) is 37.7 Å². The lowest BCUT2D eigenvalue weighted by Crippen LogP contribution is -2.13. The Morgan fingerprint density at radius 2 is 2.05 bits per heavy atom. The van der Waals surface area contributed by atoms with Crippen molar-refractivity contribution in [2.45, 2.75) is 44.9 Å². The molecule has 0 unspecified atom stereocenters. The van der Waals surface area contributed by atoms with E-state index in [1.54, 1.807) is 18.5 Å². The highest BCUT2D eigenvalue weighted by molar-refractivity contribution is 5.57. The molecule has 5 heteroatoms. The molecule has 2 aromatic heterocycles. The fourth-order valence-electron chi connectivity index (χ4n) is 2.92. The lowest BCUT2D eigenvalue weighted by Gasteiger charge is -2.25. The number of nitrogen functional groups attached to an aromatic ring is 1. The zero-order valence-electron chi connectivity index (χ0n) is 11.7. The first kappa shape index (κ1) is 13.1. The van der Waals surface area contributed by atoms with Crippen LogP contribution in [-0.4, -0.2) is 15.1 Å². The van der Waals surface area contributed by atoms with Crippen molar-refractivity contribution in [3.8, 4) is 11.5 Å². The van der Waals surface area contributed by atoms with Gasteiger partial charge >= 0.3 is 0 Å². The number of anilines is 1. The molecule has 0 atom stereocenters. The van der Waals surface area contributed by atoms with Crippen LogP contribution in [0, 0.1) is 5.92 Å². The molecule has 5 nitrogen and oxygen atoms in total. The van der Waals surface area contributed by atoms with E-state index < -0.39 is 0 Å². The average Bonchev–Trinajstić information content (AvgIpc) is 2.97. The van der Waals surface area contributed by atoms with Crippen molar-refractivity contribution in [1.82, 2.24) is 15.1 Å². The maximum absolute atomic E-state index is 5.72. The minimum Gasteiger partial charge on any atom is -0.397 e. The molecule has 0 radical (unpaired) electrons. The molecule has 106 valence electrons. The summed E-state index contributed by atoms with van der Waals surface area (Å²) in [6, 6.07) is 1.80. The minimum atomic E-state index is 0.435. The molecule has 20 heavy (non-hydrogen) atoms. The van der Waals surface area contributed by atoms with Crippen LogP contribution in [0.1, 0.15) is 50.8 Å².